The van der Waals surface area contributed by atoms with E-state index >= 15 is 0 Å². The molecule has 0 heterocycles. The van der Waals surface area contributed by atoms with Gasteiger partial charge in [0, 0.05) is 11.3 Å². The van der Waals surface area contributed by atoms with Crippen LogP contribution in [0.25, 0.3) is 0 Å². The fraction of sp³-hybridized carbons (Fsp3) is 0.500. The van der Waals surface area contributed by atoms with Gasteiger partial charge in [-0.05, 0) is 44.7 Å². The summed E-state index contributed by atoms with van der Waals surface area (Å²) in [4.78, 5) is 24.8. The maximum Gasteiger partial charge on any atom is 0.408 e. The second kappa shape index (κ2) is 8.08. The monoisotopic (exact) mass is 325 g/mol. The molecule has 1 N–H and O–H groups in total. The van der Waals surface area contributed by atoms with Crippen LogP contribution in [0.15, 0.2) is 29.2 Å². The van der Waals surface area contributed by atoms with Crippen molar-refractivity contribution in [3.63, 3.8) is 0 Å². The summed E-state index contributed by atoms with van der Waals surface area (Å²) in [6, 6.07) is 7.02. The zero-order chi connectivity index (χ0) is 16.8. The van der Waals surface area contributed by atoms with Crippen LogP contribution in [0, 0.1) is 0 Å². The number of nitrogens with one attached hydrogen (secondary N) is 1. The van der Waals surface area contributed by atoms with Gasteiger partial charge in [-0.25, -0.2) is 9.59 Å². The highest BCUT2D eigenvalue weighted by molar-refractivity contribution is 7.98. The third-order valence-electron chi connectivity index (χ3n) is 2.75. The molecule has 1 aromatic carbocycles. The van der Waals surface area contributed by atoms with Crippen molar-refractivity contribution in [3.8, 4) is 0 Å². The van der Waals surface area contributed by atoms with Crippen LogP contribution in [0.1, 0.15) is 26.3 Å². The average Bonchev–Trinajstić information content (AvgIpc) is 2.44. The second-order valence-corrected chi connectivity index (χ2v) is 6.66. The first kappa shape index (κ1) is 18.4. The number of methoxy groups -OCH3 is 1. The van der Waals surface area contributed by atoms with Gasteiger partial charge in [0.05, 0.1) is 7.11 Å². The molecule has 0 aliphatic carbocycles. The molecule has 1 unspecified atom stereocenters. The Morgan fingerprint density at radius 1 is 1.32 bits per heavy atom. The standard InChI is InChI=1S/C16H23NO4S/c1-16(2,3)21-15(19)17-13(14(18)20-4)10-11-7-6-8-12(9-11)22-5/h6-9,13H,10H2,1-5H3,(H,17,19). The largest absolute Gasteiger partial charge is 0.467 e. The zero-order valence-corrected chi connectivity index (χ0v) is 14.5. The van der Waals surface area contributed by atoms with Crippen molar-refractivity contribution >= 4 is 23.8 Å². The van der Waals surface area contributed by atoms with Gasteiger partial charge in [-0.1, -0.05) is 12.1 Å². The maximum atomic E-state index is 11.9. The molecular formula is C16H23NO4S. The number of rotatable bonds is 5. The molecule has 0 saturated heterocycles. The molecule has 5 nitrogen and oxygen atoms in total. The molecule has 6 heteroatoms. The molecule has 0 spiro atoms. The van der Waals surface area contributed by atoms with Gasteiger partial charge >= 0.3 is 12.1 Å². The summed E-state index contributed by atoms with van der Waals surface area (Å²) in [5, 5.41) is 2.57. The van der Waals surface area contributed by atoms with Gasteiger partial charge in [-0.3, -0.25) is 0 Å². The predicted octanol–water partition coefficient (Wildman–Crippen LogP) is 3.02. The maximum absolute atomic E-state index is 11.9. The number of benzene rings is 1. The molecular weight excluding hydrogens is 302 g/mol. The van der Waals surface area contributed by atoms with Crippen molar-refractivity contribution in [1.29, 1.82) is 0 Å². The Morgan fingerprint density at radius 3 is 2.55 bits per heavy atom. The van der Waals surface area contributed by atoms with E-state index < -0.39 is 23.7 Å². The van der Waals surface area contributed by atoms with Crippen LogP contribution in [0.2, 0.25) is 0 Å². The summed E-state index contributed by atoms with van der Waals surface area (Å²) in [7, 11) is 1.30. The summed E-state index contributed by atoms with van der Waals surface area (Å²) in [6.45, 7) is 5.30. The van der Waals surface area contributed by atoms with E-state index in [9.17, 15) is 9.59 Å². The van der Waals surface area contributed by atoms with Gasteiger partial charge in [0.1, 0.15) is 11.6 Å². The lowest BCUT2D eigenvalue weighted by molar-refractivity contribution is -0.143. The molecule has 1 rings (SSSR count). The Hall–Kier alpha value is -1.69. The number of amides is 1. The molecule has 0 bridgehead atoms. The predicted molar refractivity (Wildman–Crippen MR) is 87.1 cm³/mol. The van der Waals surface area contributed by atoms with Crippen LogP contribution in [-0.4, -0.2) is 37.1 Å². The molecule has 1 amide bonds. The van der Waals surface area contributed by atoms with Crippen molar-refractivity contribution in [2.24, 2.45) is 0 Å². The number of hydrogen-bond acceptors (Lipinski definition) is 5. The van der Waals surface area contributed by atoms with E-state index in [1.54, 1.807) is 32.5 Å². The van der Waals surface area contributed by atoms with E-state index in [1.165, 1.54) is 7.11 Å². The Balaban J connectivity index is 2.80. The fourth-order valence-electron chi connectivity index (χ4n) is 1.82. The van der Waals surface area contributed by atoms with Crippen molar-refractivity contribution in [3.05, 3.63) is 29.8 Å². The molecule has 122 valence electrons. The molecule has 0 aromatic heterocycles. The number of esters is 1. The van der Waals surface area contributed by atoms with E-state index in [0.717, 1.165) is 10.5 Å². The first-order valence-corrected chi connectivity index (χ1v) is 8.18. The van der Waals surface area contributed by atoms with Crippen molar-refractivity contribution in [2.75, 3.05) is 13.4 Å². The van der Waals surface area contributed by atoms with Crippen molar-refractivity contribution < 1.29 is 19.1 Å². The van der Waals surface area contributed by atoms with Crippen molar-refractivity contribution in [1.82, 2.24) is 5.32 Å². The molecule has 0 aliphatic heterocycles. The molecule has 0 saturated carbocycles. The Bertz CT molecular complexity index is 525. The molecule has 0 radical (unpaired) electrons. The minimum Gasteiger partial charge on any atom is -0.467 e. The lowest BCUT2D eigenvalue weighted by atomic mass is 10.1. The summed E-state index contributed by atoms with van der Waals surface area (Å²) in [6.07, 6.45) is 1.69. The van der Waals surface area contributed by atoms with E-state index in [0.29, 0.717) is 6.42 Å². The van der Waals surface area contributed by atoms with Gasteiger partial charge in [-0.2, -0.15) is 0 Å². The number of carbonyl (C=O) groups is 2. The number of thioether (sulfide) groups is 1. The number of alkyl carbamates (subject to hydrolysis) is 1. The first-order chi connectivity index (χ1) is 10.2. The normalized spacial score (nSPS) is 12.4. The quantitative estimate of drug-likeness (QED) is 0.666. The van der Waals surface area contributed by atoms with Crippen LogP contribution >= 0.6 is 11.8 Å². The summed E-state index contributed by atoms with van der Waals surface area (Å²) in [5.41, 5.74) is 0.321. The van der Waals surface area contributed by atoms with E-state index in [4.69, 9.17) is 9.47 Å². The topological polar surface area (TPSA) is 64.6 Å². The lowest BCUT2D eigenvalue weighted by Crippen LogP contribution is -2.45. The number of carbonyl (C=O) groups excluding carboxylic acids is 2. The molecule has 0 aliphatic rings. The van der Waals surface area contributed by atoms with Gasteiger partial charge in [0.25, 0.3) is 0 Å². The molecule has 22 heavy (non-hydrogen) atoms. The highest BCUT2D eigenvalue weighted by atomic mass is 32.2. The van der Waals surface area contributed by atoms with Crippen LogP contribution in [-0.2, 0) is 20.7 Å². The van der Waals surface area contributed by atoms with E-state index in [2.05, 4.69) is 5.32 Å². The minimum atomic E-state index is -0.781. The van der Waals surface area contributed by atoms with Crippen LogP contribution in [0.4, 0.5) is 4.79 Å². The van der Waals surface area contributed by atoms with Crippen LogP contribution in [0.3, 0.4) is 0 Å². The smallest absolute Gasteiger partial charge is 0.408 e. The minimum absolute atomic E-state index is 0.348. The van der Waals surface area contributed by atoms with E-state index in [-0.39, 0.29) is 0 Å². The average molecular weight is 325 g/mol. The van der Waals surface area contributed by atoms with Crippen LogP contribution in [0.5, 0.6) is 0 Å². The second-order valence-electron chi connectivity index (χ2n) is 5.78. The van der Waals surface area contributed by atoms with E-state index in [1.807, 2.05) is 30.5 Å². The Kier molecular flexibility index (Phi) is 6.74. The third kappa shape index (κ3) is 6.39. The fourth-order valence-corrected chi connectivity index (χ4v) is 2.30. The van der Waals surface area contributed by atoms with Gasteiger partial charge in [0.15, 0.2) is 0 Å². The van der Waals surface area contributed by atoms with Gasteiger partial charge < -0.3 is 14.8 Å². The van der Waals surface area contributed by atoms with Crippen molar-refractivity contribution in [2.45, 2.75) is 43.7 Å². The Labute approximate surface area is 135 Å². The number of hydrogen-bond donors (Lipinski definition) is 1. The summed E-state index contributed by atoms with van der Waals surface area (Å²) >= 11 is 1.62. The third-order valence-corrected chi connectivity index (χ3v) is 3.48. The molecule has 1 atom stereocenters. The SMILES string of the molecule is COC(=O)C(Cc1cccc(SC)c1)NC(=O)OC(C)(C)C. The lowest BCUT2D eigenvalue weighted by Gasteiger charge is -2.22. The zero-order valence-electron chi connectivity index (χ0n) is 13.6. The summed E-state index contributed by atoms with van der Waals surface area (Å²) in [5.74, 6) is -0.500. The summed E-state index contributed by atoms with van der Waals surface area (Å²) < 4.78 is 9.94. The van der Waals surface area contributed by atoms with Gasteiger partial charge in [0.2, 0.25) is 0 Å². The van der Waals surface area contributed by atoms with Gasteiger partial charge in [-0.15, -0.1) is 11.8 Å². The number of ether oxygens (including phenoxy) is 2. The first-order valence-electron chi connectivity index (χ1n) is 6.95. The molecule has 0 fully saturated rings. The highest BCUT2D eigenvalue weighted by Crippen LogP contribution is 2.17. The molecule has 1 aromatic rings. The Morgan fingerprint density at radius 2 is 2.00 bits per heavy atom. The van der Waals surface area contributed by atoms with Crippen LogP contribution < -0.4 is 5.32 Å². The highest BCUT2D eigenvalue weighted by Gasteiger charge is 2.25.